The molecule has 1 aromatic rings. The first-order valence-corrected chi connectivity index (χ1v) is 12.6. The third-order valence-electron chi connectivity index (χ3n) is 5.89. The number of hydrogen-bond acceptors (Lipinski definition) is 6. The molecule has 1 atom stereocenters. The molecule has 2 N–H and O–H groups in total. The van der Waals surface area contributed by atoms with Gasteiger partial charge in [-0.25, -0.2) is 9.59 Å². The van der Waals surface area contributed by atoms with Crippen LogP contribution in [-0.2, 0) is 4.74 Å². The number of nitrogens with one attached hydrogen (secondary N) is 1. The zero-order valence-corrected chi connectivity index (χ0v) is 22.9. The number of carbonyl (C=O) groups excluding carboxylic acids is 2. The zero-order chi connectivity index (χ0) is 27.8. The smallest absolute Gasteiger partial charge is 0.410 e. The van der Waals surface area contributed by atoms with E-state index in [0.717, 1.165) is 31.3 Å². The molecule has 0 unspecified atom stereocenters. The molecular weight excluding hydrogens is 470 g/mol. The summed E-state index contributed by atoms with van der Waals surface area (Å²) in [5, 5.41) is 12.9. The van der Waals surface area contributed by atoms with Gasteiger partial charge in [0.05, 0.1) is 7.11 Å². The third-order valence-corrected chi connectivity index (χ3v) is 5.89. The molecule has 0 saturated heterocycles. The van der Waals surface area contributed by atoms with Crippen molar-refractivity contribution in [2.45, 2.75) is 79.1 Å². The fraction of sp³-hybridized carbons (Fsp3) is 0.433. The minimum Gasteiger partial charge on any atom is -0.507 e. The van der Waals surface area contributed by atoms with E-state index in [9.17, 15) is 19.5 Å². The summed E-state index contributed by atoms with van der Waals surface area (Å²) in [6.07, 6.45) is 17.7. The molecule has 1 aromatic heterocycles. The number of allylic oxidation sites excluding steroid dienone is 9. The topological polar surface area (TPSA) is 106 Å². The van der Waals surface area contributed by atoms with Gasteiger partial charge in [-0.3, -0.25) is 10.1 Å². The van der Waals surface area contributed by atoms with Crippen LogP contribution in [-0.4, -0.2) is 24.1 Å². The van der Waals surface area contributed by atoms with Crippen molar-refractivity contribution >= 4 is 11.9 Å². The van der Waals surface area contributed by atoms with E-state index in [-0.39, 0.29) is 17.2 Å². The molecule has 0 aromatic carbocycles. The summed E-state index contributed by atoms with van der Waals surface area (Å²) in [7, 11) is 1.28. The van der Waals surface area contributed by atoms with Crippen LogP contribution in [0.4, 0.5) is 4.79 Å². The minimum absolute atomic E-state index is 0.186. The summed E-state index contributed by atoms with van der Waals surface area (Å²) in [6, 6.07) is 1.33. The molecule has 37 heavy (non-hydrogen) atoms. The van der Waals surface area contributed by atoms with Gasteiger partial charge in [0.1, 0.15) is 17.1 Å². The standard InChI is InChI=1S/C30H41NO6/c1-7-8-9-13-21(2)14-12-15-22(3)17-18-24(5)28(33)27-25(32)20-26(37-29(27)34)23(4)16-10-11-19-31-30(35)36-6/h7-8,11,13,17-20,23,32H,9-10,12,14-16H2,1-6H3,(H,31,35)/b8-7+,19-11+,21-13-,22-17+,24-18+/t23-/m1/s1. The van der Waals surface area contributed by atoms with E-state index in [0.29, 0.717) is 24.2 Å². The van der Waals surface area contributed by atoms with Gasteiger partial charge in [-0.15, -0.1) is 0 Å². The molecule has 0 fully saturated rings. The number of carbonyl (C=O) groups is 2. The van der Waals surface area contributed by atoms with Gasteiger partial charge in [-0.05, 0) is 71.8 Å². The van der Waals surface area contributed by atoms with Gasteiger partial charge in [0.2, 0.25) is 0 Å². The Morgan fingerprint density at radius 2 is 1.84 bits per heavy atom. The molecule has 0 spiro atoms. The molecule has 1 heterocycles. The summed E-state index contributed by atoms with van der Waals surface area (Å²) in [5.74, 6) is -0.844. The number of methoxy groups -OCH3 is 1. The number of Topliss-reactive ketones (excluding diaryl/α,β-unsaturated/α-hetero) is 1. The maximum absolute atomic E-state index is 12.8. The largest absolute Gasteiger partial charge is 0.507 e. The quantitative estimate of drug-likeness (QED) is 0.118. The van der Waals surface area contributed by atoms with Crippen LogP contribution < -0.4 is 10.9 Å². The molecule has 7 heteroatoms. The van der Waals surface area contributed by atoms with E-state index in [1.165, 1.54) is 24.9 Å². The zero-order valence-electron chi connectivity index (χ0n) is 22.9. The van der Waals surface area contributed by atoms with Crippen molar-refractivity contribution in [2.75, 3.05) is 7.11 Å². The van der Waals surface area contributed by atoms with E-state index in [2.05, 4.69) is 29.1 Å². The van der Waals surface area contributed by atoms with Gasteiger partial charge >= 0.3 is 11.7 Å². The lowest BCUT2D eigenvalue weighted by molar-refractivity contribution is 0.102. The van der Waals surface area contributed by atoms with Gasteiger partial charge in [0, 0.05) is 18.2 Å². The fourth-order valence-corrected chi connectivity index (χ4v) is 3.49. The summed E-state index contributed by atoms with van der Waals surface area (Å²) in [5.41, 5.74) is 1.61. The Labute approximate surface area is 220 Å². The fourth-order valence-electron chi connectivity index (χ4n) is 3.49. The Hall–Kier alpha value is -3.61. The summed E-state index contributed by atoms with van der Waals surface area (Å²) in [4.78, 5) is 36.4. The number of amides is 1. The lowest BCUT2D eigenvalue weighted by Gasteiger charge is -2.11. The molecular formula is C30H41NO6. The first-order chi connectivity index (χ1) is 17.6. The summed E-state index contributed by atoms with van der Waals surface area (Å²) < 4.78 is 9.84. The number of hydrogen-bond donors (Lipinski definition) is 2. The van der Waals surface area contributed by atoms with E-state index in [4.69, 9.17) is 4.42 Å². The van der Waals surface area contributed by atoms with Crippen LogP contribution in [0.2, 0.25) is 0 Å². The van der Waals surface area contributed by atoms with Gasteiger partial charge in [-0.1, -0.05) is 54.5 Å². The molecule has 0 saturated carbocycles. The van der Waals surface area contributed by atoms with E-state index < -0.39 is 17.5 Å². The second-order valence-electron chi connectivity index (χ2n) is 9.11. The van der Waals surface area contributed by atoms with Crippen LogP contribution in [0.1, 0.15) is 95.2 Å². The number of ether oxygens (including phenoxy) is 1. The van der Waals surface area contributed by atoms with Crippen molar-refractivity contribution in [1.82, 2.24) is 5.32 Å². The average Bonchev–Trinajstić information content (AvgIpc) is 2.86. The molecule has 1 rings (SSSR count). The normalized spacial score (nSPS) is 13.8. The van der Waals surface area contributed by atoms with Crippen molar-refractivity contribution in [1.29, 1.82) is 0 Å². The molecule has 0 radical (unpaired) electrons. The Kier molecular flexibility index (Phi) is 14.4. The number of aromatic hydroxyl groups is 1. The van der Waals surface area contributed by atoms with Crippen LogP contribution in [0.5, 0.6) is 5.75 Å². The first kappa shape index (κ1) is 31.4. The first-order valence-electron chi connectivity index (χ1n) is 12.6. The second kappa shape index (κ2) is 17.0. The highest BCUT2D eigenvalue weighted by atomic mass is 16.5. The van der Waals surface area contributed by atoms with Gasteiger partial charge in [0.15, 0.2) is 5.78 Å². The lowest BCUT2D eigenvalue weighted by Crippen LogP contribution is -2.16. The van der Waals surface area contributed by atoms with Crippen molar-refractivity contribution in [3.63, 3.8) is 0 Å². The second-order valence-corrected chi connectivity index (χ2v) is 9.11. The van der Waals surface area contributed by atoms with E-state index in [1.807, 2.05) is 32.9 Å². The van der Waals surface area contributed by atoms with Gasteiger partial charge in [0.25, 0.3) is 0 Å². The van der Waals surface area contributed by atoms with Crippen LogP contribution in [0.3, 0.4) is 0 Å². The molecule has 0 bridgehead atoms. The lowest BCUT2D eigenvalue weighted by atomic mass is 9.99. The minimum atomic E-state index is -0.858. The van der Waals surface area contributed by atoms with Gasteiger partial charge in [-0.2, -0.15) is 0 Å². The monoisotopic (exact) mass is 511 g/mol. The SMILES string of the molecule is C/C=C/C/C=C(/C)CCC/C(C)=C/C=C(\C)C(=O)c1c(O)cc([C@H](C)CC/C=C/NC(=O)OC)oc1=O. The average molecular weight is 512 g/mol. The predicted octanol–water partition coefficient (Wildman–Crippen LogP) is 7.26. The maximum atomic E-state index is 12.8. The Balaban J connectivity index is 2.77. The highest BCUT2D eigenvalue weighted by molar-refractivity contribution is 6.09. The van der Waals surface area contributed by atoms with Crippen LogP contribution in [0.25, 0.3) is 0 Å². The number of rotatable bonds is 14. The van der Waals surface area contributed by atoms with Crippen molar-refractivity contribution in [3.05, 3.63) is 87.2 Å². The van der Waals surface area contributed by atoms with Gasteiger partial charge < -0.3 is 14.3 Å². The summed E-state index contributed by atoms with van der Waals surface area (Å²) >= 11 is 0. The highest BCUT2D eigenvalue weighted by Crippen LogP contribution is 2.26. The molecule has 1 amide bonds. The third kappa shape index (κ3) is 11.8. The Morgan fingerprint density at radius 3 is 2.49 bits per heavy atom. The highest BCUT2D eigenvalue weighted by Gasteiger charge is 2.21. The molecule has 202 valence electrons. The maximum Gasteiger partial charge on any atom is 0.410 e. The van der Waals surface area contributed by atoms with Crippen molar-refractivity contribution in [3.8, 4) is 5.75 Å². The van der Waals surface area contributed by atoms with E-state index in [1.54, 1.807) is 19.1 Å². The van der Waals surface area contributed by atoms with E-state index >= 15 is 0 Å². The summed E-state index contributed by atoms with van der Waals surface area (Å²) in [6.45, 7) is 9.62. The number of ketones is 1. The van der Waals surface area contributed by atoms with Crippen LogP contribution in [0, 0.1) is 0 Å². The number of alkyl carbamates (subject to hydrolysis) is 1. The van der Waals surface area contributed by atoms with Crippen molar-refractivity contribution < 1.29 is 23.8 Å². The predicted molar refractivity (Wildman–Crippen MR) is 148 cm³/mol. The van der Waals surface area contributed by atoms with Crippen LogP contribution in [0.15, 0.2) is 74.7 Å². The Bertz CT molecular complexity index is 1120. The molecule has 7 nitrogen and oxygen atoms in total. The van der Waals surface area contributed by atoms with Crippen LogP contribution >= 0.6 is 0 Å². The Morgan fingerprint density at radius 1 is 1.14 bits per heavy atom. The van der Waals surface area contributed by atoms with Crippen molar-refractivity contribution in [2.24, 2.45) is 0 Å². The molecule has 0 aliphatic carbocycles. The molecule has 0 aliphatic rings. The molecule has 0 aliphatic heterocycles.